The Morgan fingerprint density at radius 1 is 1.64 bits per heavy atom. The lowest BCUT2D eigenvalue weighted by Crippen LogP contribution is -1.93. The van der Waals surface area contributed by atoms with Crippen molar-refractivity contribution in [3.63, 3.8) is 0 Å². The normalized spacial score (nSPS) is 28.3. The van der Waals surface area contributed by atoms with Crippen LogP contribution in [0.2, 0.25) is 0 Å². The highest BCUT2D eigenvalue weighted by Gasteiger charge is 2.46. The van der Waals surface area contributed by atoms with E-state index in [1.807, 2.05) is 6.08 Å². The summed E-state index contributed by atoms with van der Waals surface area (Å²) >= 11 is 0. The van der Waals surface area contributed by atoms with E-state index in [-0.39, 0.29) is 0 Å². The molecule has 0 aromatic heterocycles. The molecule has 0 heteroatoms. The van der Waals surface area contributed by atoms with Gasteiger partial charge in [-0.25, -0.2) is 0 Å². The summed E-state index contributed by atoms with van der Waals surface area (Å²) in [5.41, 5.74) is 2.15. The average Bonchev–Trinajstić information content (AvgIpc) is 2.55. The molecule has 0 nitrogen and oxygen atoms in total. The van der Waals surface area contributed by atoms with Gasteiger partial charge in [0.05, 0.1) is 0 Å². The minimum absolute atomic E-state index is 0.574. The molecule has 62 valence electrons. The molecule has 1 saturated carbocycles. The molecule has 0 aromatic carbocycles. The summed E-state index contributed by atoms with van der Waals surface area (Å²) in [6.07, 6.45) is 6.63. The average molecular weight is 150 g/mol. The van der Waals surface area contributed by atoms with Crippen molar-refractivity contribution in [1.29, 1.82) is 0 Å². The first-order valence-electron chi connectivity index (χ1n) is 4.43. The summed E-state index contributed by atoms with van der Waals surface area (Å²) < 4.78 is 0. The van der Waals surface area contributed by atoms with Gasteiger partial charge in [-0.05, 0) is 24.2 Å². The third-order valence-electron chi connectivity index (χ3n) is 2.70. The maximum absolute atomic E-state index is 3.73. The Labute approximate surface area is 70.0 Å². The Bertz CT molecular complexity index is 184. The highest BCUT2D eigenvalue weighted by atomic mass is 14.5. The fourth-order valence-corrected chi connectivity index (χ4v) is 1.73. The zero-order valence-corrected chi connectivity index (χ0v) is 7.85. The van der Waals surface area contributed by atoms with Crippen LogP contribution in [-0.4, -0.2) is 0 Å². The van der Waals surface area contributed by atoms with Crippen LogP contribution in [0.3, 0.4) is 0 Å². The van der Waals surface area contributed by atoms with Crippen molar-refractivity contribution in [2.45, 2.75) is 33.6 Å². The Morgan fingerprint density at radius 2 is 2.18 bits per heavy atom. The van der Waals surface area contributed by atoms with Crippen molar-refractivity contribution in [2.75, 3.05) is 0 Å². The molecule has 0 aliphatic heterocycles. The molecule has 1 atom stereocenters. The molecule has 1 rings (SSSR count). The van der Waals surface area contributed by atoms with Crippen molar-refractivity contribution >= 4 is 0 Å². The first-order chi connectivity index (χ1) is 5.11. The summed E-state index contributed by atoms with van der Waals surface area (Å²) in [4.78, 5) is 0. The second-order valence-electron chi connectivity index (χ2n) is 4.08. The lowest BCUT2D eigenvalue weighted by Gasteiger charge is -2.04. The molecule has 0 N–H and O–H groups in total. The molecule has 0 radical (unpaired) electrons. The van der Waals surface area contributed by atoms with E-state index >= 15 is 0 Å². The van der Waals surface area contributed by atoms with E-state index in [2.05, 4.69) is 33.4 Å². The van der Waals surface area contributed by atoms with Crippen molar-refractivity contribution in [3.8, 4) is 0 Å². The zero-order valence-electron chi connectivity index (χ0n) is 7.85. The molecule has 0 bridgehead atoms. The third-order valence-corrected chi connectivity index (χ3v) is 2.70. The van der Waals surface area contributed by atoms with Crippen LogP contribution in [0.5, 0.6) is 0 Å². The van der Waals surface area contributed by atoms with Crippen LogP contribution in [0.1, 0.15) is 33.6 Å². The van der Waals surface area contributed by atoms with Gasteiger partial charge in [0, 0.05) is 0 Å². The quantitative estimate of drug-likeness (QED) is 0.540. The van der Waals surface area contributed by atoms with Gasteiger partial charge >= 0.3 is 0 Å². The number of allylic oxidation sites excluding steroid dienone is 3. The Balaban J connectivity index is 2.60. The van der Waals surface area contributed by atoms with Gasteiger partial charge in [-0.15, -0.1) is 0 Å². The fourth-order valence-electron chi connectivity index (χ4n) is 1.73. The molecule has 0 amide bonds. The van der Waals surface area contributed by atoms with E-state index in [9.17, 15) is 0 Å². The van der Waals surface area contributed by atoms with Crippen LogP contribution in [-0.2, 0) is 0 Å². The van der Waals surface area contributed by atoms with E-state index in [4.69, 9.17) is 0 Å². The first kappa shape index (κ1) is 8.58. The smallest absolute Gasteiger partial charge is 0.0143 e. The summed E-state index contributed by atoms with van der Waals surface area (Å²) in [6, 6.07) is 0. The Morgan fingerprint density at radius 3 is 2.45 bits per heavy atom. The van der Waals surface area contributed by atoms with Crippen molar-refractivity contribution in [2.24, 2.45) is 11.3 Å². The predicted molar refractivity (Wildman–Crippen MR) is 50.5 cm³/mol. The van der Waals surface area contributed by atoms with E-state index in [0.717, 1.165) is 5.92 Å². The molecule has 1 unspecified atom stereocenters. The standard InChI is InChI=1S/C11H18/c1-5-7-9(6-2)10-8-11(10,3)4/h5,7,10H,1,6,8H2,2-4H3. The molecule has 0 spiro atoms. The molecule has 0 aromatic rings. The Hall–Kier alpha value is -0.520. The van der Waals surface area contributed by atoms with Crippen molar-refractivity contribution in [3.05, 3.63) is 24.3 Å². The molecular formula is C11H18. The van der Waals surface area contributed by atoms with Crippen LogP contribution in [0.15, 0.2) is 24.3 Å². The molecule has 11 heavy (non-hydrogen) atoms. The predicted octanol–water partition coefficient (Wildman–Crippen LogP) is 3.55. The second-order valence-corrected chi connectivity index (χ2v) is 4.08. The monoisotopic (exact) mass is 150 g/mol. The number of hydrogen-bond acceptors (Lipinski definition) is 0. The SMILES string of the molecule is C=CC=C(CC)C1CC1(C)C. The maximum Gasteiger partial charge on any atom is -0.0143 e. The summed E-state index contributed by atoms with van der Waals surface area (Å²) in [6.45, 7) is 10.6. The lowest BCUT2D eigenvalue weighted by molar-refractivity contribution is 0.590. The summed E-state index contributed by atoms with van der Waals surface area (Å²) in [5.74, 6) is 0.838. The minimum atomic E-state index is 0.574. The van der Waals surface area contributed by atoms with E-state index in [0.29, 0.717) is 5.41 Å². The van der Waals surface area contributed by atoms with Gasteiger partial charge in [-0.1, -0.05) is 45.1 Å². The third kappa shape index (κ3) is 1.74. The van der Waals surface area contributed by atoms with E-state index in [1.54, 1.807) is 5.57 Å². The van der Waals surface area contributed by atoms with E-state index < -0.39 is 0 Å². The molecule has 0 saturated heterocycles. The van der Waals surface area contributed by atoms with Crippen molar-refractivity contribution in [1.82, 2.24) is 0 Å². The fraction of sp³-hybridized carbons (Fsp3) is 0.636. The number of rotatable bonds is 3. The van der Waals surface area contributed by atoms with Gasteiger partial charge in [0.15, 0.2) is 0 Å². The van der Waals surface area contributed by atoms with Crippen LogP contribution in [0, 0.1) is 11.3 Å². The first-order valence-corrected chi connectivity index (χ1v) is 4.43. The van der Waals surface area contributed by atoms with Crippen molar-refractivity contribution < 1.29 is 0 Å². The van der Waals surface area contributed by atoms with Crippen LogP contribution < -0.4 is 0 Å². The topological polar surface area (TPSA) is 0 Å². The van der Waals surface area contributed by atoms with Crippen LogP contribution in [0.25, 0.3) is 0 Å². The molecule has 1 aliphatic carbocycles. The lowest BCUT2D eigenvalue weighted by atomic mass is 10.0. The summed E-state index contributed by atoms with van der Waals surface area (Å²) in [7, 11) is 0. The number of hydrogen-bond donors (Lipinski definition) is 0. The van der Waals surface area contributed by atoms with Crippen LogP contribution >= 0.6 is 0 Å². The van der Waals surface area contributed by atoms with E-state index in [1.165, 1.54) is 12.8 Å². The highest BCUT2D eigenvalue weighted by Crippen LogP contribution is 2.56. The second kappa shape index (κ2) is 2.84. The van der Waals surface area contributed by atoms with Gasteiger partial charge in [0.1, 0.15) is 0 Å². The van der Waals surface area contributed by atoms with Gasteiger partial charge < -0.3 is 0 Å². The highest BCUT2D eigenvalue weighted by molar-refractivity contribution is 5.22. The van der Waals surface area contributed by atoms with Gasteiger partial charge in [-0.3, -0.25) is 0 Å². The van der Waals surface area contributed by atoms with Gasteiger partial charge in [0.2, 0.25) is 0 Å². The summed E-state index contributed by atoms with van der Waals surface area (Å²) in [5, 5.41) is 0. The van der Waals surface area contributed by atoms with Crippen LogP contribution in [0.4, 0.5) is 0 Å². The van der Waals surface area contributed by atoms with Gasteiger partial charge in [-0.2, -0.15) is 0 Å². The molecular weight excluding hydrogens is 132 g/mol. The molecule has 0 heterocycles. The largest absolute Gasteiger partial charge is 0.0991 e. The Kier molecular flexibility index (Phi) is 2.22. The van der Waals surface area contributed by atoms with Gasteiger partial charge in [0.25, 0.3) is 0 Å². The zero-order chi connectivity index (χ0) is 8.48. The minimum Gasteiger partial charge on any atom is -0.0991 e. The molecule has 1 aliphatic rings. The molecule has 1 fully saturated rings. The maximum atomic E-state index is 3.73.